The van der Waals surface area contributed by atoms with E-state index in [9.17, 15) is 9.59 Å². The Hall–Kier alpha value is -3.20. The van der Waals surface area contributed by atoms with Crippen molar-refractivity contribution in [2.75, 3.05) is 0 Å². The van der Waals surface area contributed by atoms with Gasteiger partial charge >= 0.3 is 0 Å². The van der Waals surface area contributed by atoms with Crippen LogP contribution in [0, 0.1) is 0 Å². The minimum absolute atomic E-state index is 0.0270. The van der Waals surface area contributed by atoms with Gasteiger partial charge < -0.3 is 4.40 Å². The molecule has 0 unspecified atom stereocenters. The summed E-state index contributed by atoms with van der Waals surface area (Å²) in [7, 11) is 0. The van der Waals surface area contributed by atoms with Crippen LogP contribution < -0.4 is 10.9 Å². The van der Waals surface area contributed by atoms with Crippen molar-refractivity contribution in [1.82, 2.24) is 4.40 Å². The van der Waals surface area contributed by atoms with Crippen LogP contribution in [-0.4, -0.2) is 4.40 Å². The molecule has 108 valence electrons. The number of nitrogens with zero attached hydrogens (tertiary/aromatic N) is 1. The minimum Gasteiger partial charge on any atom is -0.308 e. The molecule has 0 N–H and O–H groups in total. The first-order valence-electron chi connectivity index (χ1n) is 7.48. The van der Waals surface area contributed by atoms with Gasteiger partial charge in [0.15, 0.2) is 10.9 Å². The summed E-state index contributed by atoms with van der Waals surface area (Å²) in [6.07, 6.45) is 0. The van der Waals surface area contributed by atoms with Crippen LogP contribution in [0.2, 0.25) is 0 Å². The van der Waals surface area contributed by atoms with Gasteiger partial charge in [-0.1, -0.05) is 30.3 Å². The molecule has 3 aromatic carbocycles. The van der Waals surface area contributed by atoms with Crippen LogP contribution in [0.4, 0.5) is 0 Å². The first kappa shape index (κ1) is 12.4. The van der Waals surface area contributed by atoms with E-state index in [1.807, 2.05) is 52.9 Å². The number of hydrogen-bond donors (Lipinski definition) is 0. The summed E-state index contributed by atoms with van der Waals surface area (Å²) in [5.41, 5.74) is 2.32. The molecular formula is C20H11NO2. The lowest BCUT2D eigenvalue weighted by atomic mass is 10.0. The molecule has 0 aliphatic heterocycles. The fourth-order valence-corrected chi connectivity index (χ4v) is 3.53. The minimum atomic E-state index is -0.0270. The average molecular weight is 297 g/mol. The Morgan fingerprint density at radius 3 is 1.48 bits per heavy atom. The molecule has 5 rings (SSSR count). The molecule has 0 saturated heterocycles. The SMILES string of the molecule is O=c1c2ccccc2n2c3ccccc3c(=O)c3cccc1c32. The third-order valence-corrected chi connectivity index (χ3v) is 4.53. The number of benzene rings is 3. The summed E-state index contributed by atoms with van der Waals surface area (Å²) >= 11 is 0. The number of hydrogen-bond acceptors (Lipinski definition) is 2. The van der Waals surface area contributed by atoms with Gasteiger partial charge in [-0.2, -0.15) is 0 Å². The van der Waals surface area contributed by atoms with Crippen LogP contribution in [0.1, 0.15) is 0 Å². The molecular weight excluding hydrogens is 286 g/mol. The highest BCUT2D eigenvalue weighted by atomic mass is 16.1. The standard InChI is InChI=1S/C20H11NO2/c22-19-12-6-1-3-10-16(12)21-17-11-4-2-7-13(17)20(23)15-9-5-8-14(19)18(15)21/h1-11H. The summed E-state index contributed by atoms with van der Waals surface area (Å²) in [4.78, 5) is 25.7. The number of rotatable bonds is 0. The third kappa shape index (κ3) is 1.44. The van der Waals surface area contributed by atoms with E-state index >= 15 is 0 Å². The molecule has 0 aliphatic carbocycles. The highest BCUT2D eigenvalue weighted by Gasteiger charge is 2.15. The molecule has 0 saturated carbocycles. The van der Waals surface area contributed by atoms with Gasteiger partial charge in [0.25, 0.3) is 0 Å². The summed E-state index contributed by atoms with van der Waals surface area (Å²) in [5.74, 6) is 0. The number of fused-ring (bicyclic) bond motifs is 4. The predicted octanol–water partition coefficient (Wildman–Crippen LogP) is 3.56. The maximum atomic E-state index is 12.8. The van der Waals surface area contributed by atoms with Gasteiger partial charge in [-0.3, -0.25) is 9.59 Å². The molecule has 3 heteroatoms. The molecule has 0 fully saturated rings. The molecule has 0 aliphatic rings. The summed E-state index contributed by atoms with van der Waals surface area (Å²) < 4.78 is 2.04. The Bertz CT molecular complexity index is 1250. The van der Waals surface area contributed by atoms with Crippen LogP contribution in [-0.2, 0) is 0 Å². The lowest BCUT2D eigenvalue weighted by Crippen LogP contribution is -2.13. The molecule has 0 radical (unpaired) electrons. The van der Waals surface area contributed by atoms with Crippen LogP contribution >= 0.6 is 0 Å². The van der Waals surface area contributed by atoms with Crippen molar-refractivity contribution >= 4 is 38.1 Å². The molecule has 2 heterocycles. The lowest BCUT2D eigenvalue weighted by Gasteiger charge is -2.13. The molecule has 0 amide bonds. The Labute approximate surface area is 130 Å². The van der Waals surface area contributed by atoms with Crippen molar-refractivity contribution in [3.63, 3.8) is 0 Å². The Kier molecular flexibility index (Phi) is 2.24. The van der Waals surface area contributed by atoms with E-state index in [1.165, 1.54) is 0 Å². The zero-order chi connectivity index (χ0) is 15.6. The van der Waals surface area contributed by atoms with E-state index in [4.69, 9.17) is 0 Å². The van der Waals surface area contributed by atoms with E-state index in [-0.39, 0.29) is 10.9 Å². The van der Waals surface area contributed by atoms with Crippen LogP contribution in [0.15, 0.2) is 76.3 Å². The highest BCUT2D eigenvalue weighted by Crippen LogP contribution is 2.26. The summed E-state index contributed by atoms with van der Waals surface area (Å²) in [5, 5.41) is 2.51. The van der Waals surface area contributed by atoms with E-state index in [0.717, 1.165) is 11.0 Å². The monoisotopic (exact) mass is 297 g/mol. The van der Waals surface area contributed by atoms with E-state index in [1.54, 1.807) is 18.2 Å². The first-order chi connectivity index (χ1) is 11.3. The fraction of sp³-hybridized carbons (Fsp3) is 0. The van der Waals surface area contributed by atoms with E-state index in [0.29, 0.717) is 27.1 Å². The maximum Gasteiger partial charge on any atom is 0.197 e. The zero-order valence-electron chi connectivity index (χ0n) is 12.1. The Balaban J connectivity index is 2.37. The van der Waals surface area contributed by atoms with Gasteiger partial charge in [-0.05, 0) is 36.4 Å². The van der Waals surface area contributed by atoms with Gasteiger partial charge in [-0.15, -0.1) is 0 Å². The third-order valence-electron chi connectivity index (χ3n) is 4.53. The second-order valence-electron chi connectivity index (χ2n) is 5.73. The van der Waals surface area contributed by atoms with Crippen LogP contribution in [0.5, 0.6) is 0 Å². The molecule has 5 aromatic rings. The van der Waals surface area contributed by atoms with Gasteiger partial charge in [-0.25, -0.2) is 0 Å². The number of aromatic nitrogens is 1. The topological polar surface area (TPSA) is 38.5 Å². The largest absolute Gasteiger partial charge is 0.308 e. The molecule has 23 heavy (non-hydrogen) atoms. The Morgan fingerprint density at radius 1 is 0.522 bits per heavy atom. The molecule has 2 aromatic heterocycles. The zero-order valence-corrected chi connectivity index (χ0v) is 12.1. The van der Waals surface area contributed by atoms with Crippen molar-refractivity contribution in [3.05, 3.63) is 87.2 Å². The van der Waals surface area contributed by atoms with Gasteiger partial charge in [0, 0.05) is 21.5 Å². The summed E-state index contributed by atoms with van der Waals surface area (Å²) in [6.45, 7) is 0. The van der Waals surface area contributed by atoms with Crippen molar-refractivity contribution in [1.29, 1.82) is 0 Å². The fourth-order valence-electron chi connectivity index (χ4n) is 3.53. The van der Waals surface area contributed by atoms with Crippen LogP contribution in [0.25, 0.3) is 38.1 Å². The van der Waals surface area contributed by atoms with Crippen molar-refractivity contribution < 1.29 is 0 Å². The maximum absolute atomic E-state index is 12.8. The summed E-state index contributed by atoms with van der Waals surface area (Å²) in [6, 6.07) is 20.5. The Morgan fingerprint density at radius 2 is 0.957 bits per heavy atom. The first-order valence-corrected chi connectivity index (χ1v) is 7.48. The van der Waals surface area contributed by atoms with Gasteiger partial charge in [0.2, 0.25) is 0 Å². The average Bonchev–Trinajstić information content (AvgIpc) is 2.61. The quantitative estimate of drug-likeness (QED) is 0.324. The highest BCUT2D eigenvalue weighted by molar-refractivity contribution is 6.07. The lowest BCUT2D eigenvalue weighted by molar-refractivity contribution is 1.31. The normalized spacial score (nSPS) is 11.8. The van der Waals surface area contributed by atoms with Gasteiger partial charge in [0.05, 0.1) is 16.6 Å². The predicted molar refractivity (Wildman–Crippen MR) is 93.6 cm³/mol. The van der Waals surface area contributed by atoms with E-state index in [2.05, 4.69) is 0 Å². The molecule has 0 bridgehead atoms. The molecule has 0 atom stereocenters. The van der Waals surface area contributed by atoms with Crippen molar-refractivity contribution in [2.24, 2.45) is 0 Å². The number of para-hydroxylation sites is 3. The molecule has 3 nitrogen and oxygen atoms in total. The van der Waals surface area contributed by atoms with Crippen LogP contribution in [0.3, 0.4) is 0 Å². The van der Waals surface area contributed by atoms with Gasteiger partial charge in [0.1, 0.15) is 0 Å². The van der Waals surface area contributed by atoms with E-state index < -0.39 is 0 Å². The second kappa shape index (κ2) is 4.17. The molecule has 0 spiro atoms. The smallest absolute Gasteiger partial charge is 0.197 e. The second-order valence-corrected chi connectivity index (χ2v) is 5.73. The number of pyridine rings is 2. The van der Waals surface area contributed by atoms with Crippen molar-refractivity contribution in [3.8, 4) is 0 Å². The van der Waals surface area contributed by atoms with Crippen molar-refractivity contribution in [2.45, 2.75) is 0 Å².